The molecule has 1 saturated heterocycles. The van der Waals surface area contributed by atoms with Crippen LogP contribution in [-0.4, -0.2) is 45.5 Å². The molecule has 0 aliphatic carbocycles. The fraction of sp³-hybridized carbons (Fsp3) is 0.267. The topological polar surface area (TPSA) is 49.6 Å². The van der Waals surface area contributed by atoms with Gasteiger partial charge in [-0.2, -0.15) is 0 Å². The van der Waals surface area contributed by atoms with Gasteiger partial charge in [0.15, 0.2) is 11.5 Å². The number of rotatable bonds is 2. The molecule has 0 aromatic carbocycles. The number of aromatic nitrogens is 4. The molecular weight excluding hydrogens is 344 g/mol. The van der Waals surface area contributed by atoms with E-state index in [4.69, 9.17) is 0 Å². The summed E-state index contributed by atoms with van der Waals surface area (Å²) in [5.74, 6) is 1.98. The Bertz CT molecular complexity index is 776. The van der Waals surface area contributed by atoms with E-state index >= 15 is 0 Å². The quantitative estimate of drug-likeness (QED) is 0.702. The fourth-order valence-corrected chi connectivity index (χ4v) is 3.00. The van der Waals surface area contributed by atoms with Gasteiger partial charge in [-0.25, -0.2) is 15.0 Å². The average molecular weight is 359 g/mol. The van der Waals surface area contributed by atoms with Crippen molar-refractivity contribution in [2.45, 2.75) is 0 Å². The summed E-state index contributed by atoms with van der Waals surface area (Å²) in [5.41, 5.74) is 0.915. The Morgan fingerprint density at radius 3 is 2.32 bits per heavy atom. The first-order chi connectivity index (χ1) is 10.8. The Morgan fingerprint density at radius 1 is 0.864 bits per heavy atom. The summed E-state index contributed by atoms with van der Waals surface area (Å²) in [4.78, 5) is 18.0. The lowest BCUT2D eigenvalue weighted by molar-refractivity contribution is 0.642. The lowest BCUT2D eigenvalue weighted by Gasteiger charge is -2.36. The minimum absolute atomic E-state index is 0.914. The Hall–Kier alpha value is -2.15. The van der Waals surface area contributed by atoms with E-state index < -0.39 is 0 Å². The fourth-order valence-electron chi connectivity index (χ4n) is 2.77. The molecule has 1 aliphatic heterocycles. The van der Waals surface area contributed by atoms with E-state index in [0.717, 1.165) is 47.9 Å². The minimum atomic E-state index is 0.914. The molecule has 6 nitrogen and oxygen atoms in total. The lowest BCUT2D eigenvalue weighted by atomic mass is 10.3. The molecule has 0 radical (unpaired) electrons. The molecule has 0 atom stereocenters. The molecule has 0 spiro atoms. The van der Waals surface area contributed by atoms with E-state index in [1.54, 1.807) is 0 Å². The van der Waals surface area contributed by atoms with E-state index in [-0.39, 0.29) is 0 Å². The van der Waals surface area contributed by atoms with Gasteiger partial charge in [0.25, 0.3) is 0 Å². The van der Waals surface area contributed by atoms with Gasteiger partial charge >= 0.3 is 0 Å². The van der Waals surface area contributed by atoms with Crippen molar-refractivity contribution < 1.29 is 0 Å². The van der Waals surface area contributed by atoms with Gasteiger partial charge < -0.3 is 14.2 Å². The standard InChI is InChI=1S/C15H15BrN6/c16-12-1-2-13(19-11-12)20-7-9-22(10-8-20)15-14-17-3-5-21(14)6-4-18-15/h1-6,11H,7-10H2. The van der Waals surface area contributed by atoms with Crippen molar-refractivity contribution in [3.63, 3.8) is 0 Å². The van der Waals surface area contributed by atoms with Crippen LogP contribution in [0.3, 0.4) is 0 Å². The third-order valence-corrected chi connectivity index (χ3v) is 4.38. The van der Waals surface area contributed by atoms with Crippen molar-refractivity contribution in [1.82, 2.24) is 19.4 Å². The molecule has 4 rings (SSSR count). The van der Waals surface area contributed by atoms with Crippen LogP contribution in [0.25, 0.3) is 5.65 Å². The van der Waals surface area contributed by atoms with Gasteiger partial charge in [-0.3, -0.25) is 0 Å². The highest BCUT2D eigenvalue weighted by atomic mass is 79.9. The molecule has 3 aromatic rings. The van der Waals surface area contributed by atoms with Crippen LogP contribution in [0.15, 0.2) is 47.6 Å². The third-order valence-electron chi connectivity index (χ3n) is 3.91. The summed E-state index contributed by atoms with van der Waals surface area (Å²) in [5, 5.41) is 0. The predicted molar refractivity (Wildman–Crippen MR) is 89.4 cm³/mol. The van der Waals surface area contributed by atoms with Gasteiger partial charge in [-0.1, -0.05) is 0 Å². The Balaban J connectivity index is 1.52. The van der Waals surface area contributed by atoms with E-state index in [0.29, 0.717) is 0 Å². The number of hydrogen-bond acceptors (Lipinski definition) is 5. The highest BCUT2D eigenvalue weighted by Crippen LogP contribution is 2.21. The van der Waals surface area contributed by atoms with Crippen LogP contribution in [0.1, 0.15) is 0 Å². The molecule has 22 heavy (non-hydrogen) atoms. The number of imidazole rings is 1. The molecule has 3 aromatic heterocycles. The highest BCUT2D eigenvalue weighted by molar-refractivity contribution is 9.10. The van der Waals surface area contributed by atoms with Crippen molar-refractivity contribution in [3.8, 4) is 0 Å². The highest BCUT2D eigenvalue weighted by Gasteiger charge is 2.21. The zero-order valence-corrected chi connectivity index (χ0v) is 13.5. The minimum Gasteiger partial charge on any atom is -0.353 e. The van der Waals surface area contributed by atoms with Crippen LogP contribution in [0.2, 0.25) is 0 Å². The lowest BCUT2D eigenvalue weighted by Crippen LogP contribution is -2.47. The van der Waals surface area contributed by atoms with Gasteiger partial charge in [0.1, 0.15) is 5.82 Å². The van der Waals surface area contributed by atoms with Crippen molar-refractivity contribution in [1.29, 1.82) is 0 Å². The van der Waals surface area contributed by atoms with Crippen LogP contribution in [0.4, 0.5) is 11.6 Å². The van der Waals surface area contributed by atoms with Crippen molar-refractivity contribution in [2.75, 3.05) is 36.0 Å². The summed E-state index contributed by atoms with van der Waals surface area (Å²) in [6, 6.07) is 4.08. The van der Waals surface area contributed by atoms with Gasteiger partial charge in [-0.15, -0.1) is 0 Å². The summed E-state index contributed by atoms with van der Waals surface area (Å²) in [6.07, 6.45) is 9.35. The summed E-state index contributed by atoms with van der Waals surface area (Å²) >= 11 is 3.42. The first kappa shape index (κ1) is 13.5. The molecule has 0 unspecified atom stereocenters. The van der Waals surface area contributed by atoms with Crippen LogP contribution < -0.4 is 9.80 Å². The number of nitrogens with zero attached hydrogens (tertiary/aromatic N) is 6. The molecule has 0 amide bonds. The molecule has 4 heterocycles. The van der Waals surface area contributed by atoms with Crippen molar-refractivity contribution >= 4 is 33.2 Å². The number of pyridine rings is 1. The largest absolute Gasteiger partial charge is 0.353 e. The molecule has 112 valence electrons. The molecular formula is C15H15BrN6. The summed E-state index contributed by atoms with van der Waals surface area (Å²) in [6.45, 7) is 3.69. The maximum absolute atomic E-state index is 4.51. The van der Waals surface area contributed by atoms with Gasteiger partial charge in [0.2, 0.25) is 0 Å². The second kappa shape index (κ2) is 5.57. The maximum atomic E-state index is 4.51. The van der Waals surface area contributed by atoms with E-state index in [9.17, 15) is 0 Å². The van der Waals surface area contributed by atoms with Crippen LogP contribution in [0.5, 0.6) is 0 Å². The smallest absolute Gasteiger partial charge is 0.180 e. The van der Waals surface area contributed by atoms with Crippen LogP contribution >= 0.6 is 15.9 Å². The molecule has 0 saturated carbocycles. The normalized spacial score (nSPS) is 15.5. The first-order valence-corrected chi connectivity index (χ1v) is 8.00. The molecule has 1 aliphatic rings. The monoisotopic (exact) mass is 358 g/mol. The number of fused-ring (bicyclic) bond motifs is 1. The number of halogens is 1. The molecule has 0 N–H and O–H groups in total. The number of piperazine rings is 1. The summed E-state index contributed by atoms with van der Waals surface area (Å²) in [7, 11) is 0. The average Bonchev–Trinajstić information content (AvgIpc) is 3.04. The van der Waals surface area contributed by atoms with Crippen LogP contribution in [-0.2, 0) is 0 Å². The Kier molecular flexibility index (Phi) is 3.42. The zero-order chi connectivity index (χ0) is 14.9. The Labute approximate surface area is 136 Å². The van der Waals surface area contributed by atoms with E-state index in [1.165, 1.54) is 0 Å². The van der Waals surface area contributed by atoms with Gasteiger partial charge in [-0.05, 0) is 28.1 Å². The van der Waals surface area contributed by atoms with Gasteiger partial charge in [0.05, 0.1) is 0 Å². The van der Waals surface area contributed by atoms with Crippen LogP contribution in [0, 0.1) is 0 Å². The SMILES string of the molecule is Brc1ccc(N2CCN(c3nccn4ccnc34)CC2)nc1. The van der Waals surface area contributed by atoms with Crippen molar-refractivity contribution in [3.05, 3.63) is 47.6 Å². The Morgan fingerprint density at radius 2 is 1.59 bits per heavy atom. The molecule has 1 fully saturated rings. The second-order valence-electron chi connectivity index (χ2n) is 5.22. The molecule has 7 heteroatoms. The summed E-state index contributed by atoms with van der Waals surface area (Å²) < 4.78 is 3.01. The van der Waals surface area contributed by atoms with Crippen molar-refractivity contribution in [2.24, 2.45) is 0 Å². The first-order valence-electron chi connectivity index (χ1n) is 7.20. The molecule has 0 bridgehead atoms. The number of hydrogen-bond donors (Lipinski definition) is 0. The third kappa shape index (κ3) is 2.41. The van der Waals surface area contributed by atoms with E-state index in [2.05, 4.69) is 40.7 Å². The van der Waals surface area contributed by atoms with E-state index in [1.807, 2.05) is 47.5 Å². The predicted octanol–water partition coefficient (Wildman–Crippen LogP) is 2.21. The zero-order valence-electron chi connectivity index (χ0n) is 11.9. The maximum Gasteiger partial charge on any atom is 0.180 e. The number of anilines is 2. The second-order valence-corrected chi connectivity index (χ2v) is 6.13. The van der Waals surface area contributed by atoms with Gasteiger partial charge in [0, 0.05) is 61.6 Å².